The Morgan fingerprint density at radius 2 is 1.80 bits per heavy atom. The first-order valence-corrected chi connectivity index (χ1v) is 14.8. The van der Waals surface area contributed by atoms with Gasteiger partial charge in [0.1, 0.15) is 6.61 Å². The lowest BCUT2D eigenvalue weighted by Crippen LogP contribution is -2.57. The van der Waals surface area contributed by atoms with Gasteiger partial charge in [0.15, 0.2) is 0 Å². The minimum absolute atomic E-state index is 0.0495. The molecule has 1 fully saturated rings. The van der Waals surface area contributed by atoms with Crippen molar-refractivity contribution in [1.82, 2.24) is 30.0 Å². The number of hydrogen-bond acceptors (Lipinski definition) is 9. The molecule has 6 rings (SSSR count). The third-order valence-corrected chi connectivity index (χ3v) is 8.69. The summed E-state index contributed by atoms with van der Waals surface area (Å²) in [6.45, 7) is 6.39. The summed E-state index contributed by atoms with van der Waals surface area (Å²) < 4.78 is 35.5. The number of amides is 1. The summed E-state index contributed by atoms with van der Waals surface area (Å²) in [5.41, 5.74) is 4.69. The molecule has 0 spiro atoms. The first kappa shape index (κ1) is 26.8. The number of ether oxygens (including phenoxy) is 1. The second-order valence-electron chi connectivity index (χ2n) is 10.3. The summed E-state index contributed by atoms with van der Waals surface area (Å²) in [4.78, 5) is 26.6. The van der Waals surface area contributed by atoms with E-state index in [1.807, 2.05) is 38.1 Å². The van der Waals surface area contributed by atoms with Gasteiger partial charge < -0.3 is 9.64 Å². The Morgan fingerprint density at radius 3 is 2.59 bits per heavy atom. The molecule has 1 N–H and O–H groups in total. The van der Waals surface area contributed by atoms with Crippen LogP contribution in [0.1, 0.15) is 27.0 Å². The molecule has 1 atom stereocenters. The van der Waals surface area contributed by atoms with Gasteiger partial charge in [-0.3, -0.25) is 9.69 Å². The van der Waals surface area contributed by atoms with E-state index in [0.717, 1.165) is 22.3 Å². The van der Waals surface area contributed by atoms with E-state index in [9.17, 15) is 13.2 Å². The number of nitrogens with one attached hydrogen (secondary N) is 1. The first-order valence-electron chi connectivity index (χ1n) is 13.3. The van der Waals surface area contributed by atoms with Gasteiger partial charge in [-0.05, 0) is 54.8 Å². The van der Waals surface area contributed by atoms with Crippen LogP contribution >= 0.6 is 0 Å². The lowest BCUT2D eigenvalue weighted by atomic mass is 10.00. The fourth-order valence-electron chi connectivity index (χ4n) is 5.36. The SMILES string of the molecule is Cc1cccc(C)c1-c1cc2nc(n1)NS(=O)(=O)c1cccc(c1)C(=O)N1CCN(Cc3ccnnc3)C[C@@H]1CO2. The van der Waals surface area contributed by atoms with Gasteiger partial charge in [0.25, 0.3) is 15.9 Å². The van der Waals surface area contributed by atoms with E-state index in [2.05, 4.69) is 29.8 Å². The standard InChI is InChI=1S/C29H29N7O4S/c1-19-5-3-6-20(2)27(19)25-14-26-33-29(32-25)34-41(38,39)24-8-4-7-22(13-24)28(37)36-12-11-35(17-23(36)18-40-26)16-21-9-10-30-31-15-21/h3-10,13-15,23H,11-12,16-18H2,1-2H3,(H,32,33,34)/t23-/m1/s1. The summed E-state index contributed by atoms with van der Waals surface area (Å²) in [5.74, 6) is -0.151. The van der Waals surface area contributed by atoms with Crippen molar-refractivity contribution in [3.63, 3.8) is 0 Å². The Morgan fingerprint density at radius 1 is 1.00 bits per heavy atom. The summed E-state index contributed by atoms with van der Waals surface area (Å²) in [6, 6.07) is 15.3. The van der Waals surface area contributed by atoms with Gasteiger partial charge in [0, 0.05) is 49.6 Å². The molecule has 2 aliphatic rings. The maximum Gasteiger partial charge on any atom is 0.264 e. The molecule has 4 aromatic rings. The lowest BCUT2D eigenvalue weighted by Gasteiger charge is -2.41. The number of carbonyl (C=O) groups is 1. The number of nitrogens with zero attached hydrogens (tertiary/aromatic N) is 6. The zero-order valence-electron chi connectivity index (χ0n) is 22.7. The molecule has 2 aromatic heterocycles. The van der Waals surface area contributed by atoms with E-state index >= 15 is 0 Å². The number of aryl methyl sites for hydroxylation is 2. The molecule has 41 heavy (non-hydrogen) atoms. The van der Waals surface area contributed by atoms with Crippen LogP contribution in [-0.4, -0.2) is 76.6 Å². The van der Waals surface area contributed by atoms with Crippen LogP contribution in [0.15, 0.2) is 71.9 Å². The van der Waals surface area contributed by atoms with E-state index in [1.54, 1.807) is 35.5 Å². The summed E-state index contributed by atoms with van der Waals surface area (Å²) in [5, 5.41) is 7.83. The fraction of sp³-hybridized carbons (Fsp3) is 0.276. The maximum atomic E-state index is 13.7. The molecule has 4 bridgehead atoms. The van der Waals surface area contributed by atoms with Crippen molar-refractivity contribution in [2.45, 2.75) is 31.3 Å². The van der Waals surface area contributed by atoms with Crippen molar-refractivity contribution in [1.29, 1.82) is 0 Å². The van der Waals surface area contributed by atoms with E-state index in [0.29, 0.717) is 31.9 Å². The molecule has 0 saturated carbocycles. The van der Waals surface area contributed by atoms with E-state index < -0.39 is 10.0 Å². The van der Waals surface area contributed by atoms with E-state index in [4.69, 9.17) is 4.74 Å². The van der Waals surface area contributed by atoms with Crippen molar-refractivity contribution in [2.75, 3.05) is 31.0 Å². The van der Waals surface area contributed by atoms with Gasteiger partial charge in [0.05, 0.1) is 22.8 Å². The van der Waals surface area contributed by atoms with Gasteiger partial charge >= 0.3 is 0 Å². The third kappa shape index (κ3) is 5.61. The van der Waals surface area contributed by atoms with Crippen LogP contribution in [0.2, 0.25) is 0 Å². The number of benzene rings is 2. The quantitative estimate of drug-likeness (QED) is 0.394. The van der Waals surface area contributed by atoms with E-state index in [-0.39, 0.29) is 40.8 Å². The highest BCUT2D eigenvalue weighted by atomic mass is 32.2. The zero-order valence-corrected chi connectivity index (χ0v) is 23.5. The molecule has 0 unspecified atom stereocenters. The molecule has 11 nitrogen and oxygen atoms in total. The highest BCUT2D eigenvalue weighted by Gasteiger charge is 2.33. The molecule has 0 aliphatic carbocycles. The summed E-state index contributed by atoms with van der Waals surface area (Å²) >= 11 is 0. The monoisotopic (exact) mass is 571 g/mol. The molecule has 210 valence electrons. The molecule has 1 saturated heterocycles. The first-order chi connectivity index (χ1) is 19.8. The second kappa shape index (κ2) is 10.9. The number of sulfonamides is 1. The van der Waals surface area contributed by atoms with Gasteiger partial charge in [0.2, 0.25) is 11.8 Å². The van der Waals surface area contributed by atoms with E-state index in [1.165, 1.54) is 12.1 Å². The van der Waals surface area contributed by atoms with Crippen LogP contribution in [0.25, 0.3) is 11.3 Å². The Balaban J connectivity index is 1.41. The number of rotatable bonds is 3. The van der Waals surface area contributed by atoms with Crippen molar-refractivity contribution >= 4 is 21.9 Å². The lowest BCUT2D eigenvalue weighted by molar-refractivity contribution is 0.0310. The molecule has 0 radical (unpaired) electrons. The van der Waals surface area contributed by atoms with Crippen LogP contribution in [0, 0.1) is 13.8 Å². The predicted octanol–water partition coefficient (Wildman–Crippen LogP) is 3.07. The molecule has 1 amide bonds. The van der Waals surface area contributed by atoms with Crippen LogP contribution in [0.5, 0.6) is 5.88 Å². The largest absolute Gasteiger partial charge is 0.475 e. The van der Waals surface area contributed by atoms with Crippen LogP contribution in [0.3, 0.4) is 0 Å². The molecular weight excluding hydrogens is 542 g/mol. The number of fused-ring (bicyclic) bond motifs is 5. The Labute approximate surface area is 238 Å². The number of carbonyl (C=O) groups excluding carboxylic acids is 1. The molecular formula is C29H29N7O4S. The maximum absolute atomic E-state index is 13.7. The Bertz CT molecular complexity index is 1700. The Kier molecular flexibility index (Phi) is 7.10. The van der Waals surface area contributed by atoms with Gasteiger partial charge in [-0.15, -0.1) is 0 Å². The number of piperazine rings is 1. The minimum atomic E-state index is -4.09. The van der Waals surface area contributed by atoms with Gasteiger partial charge in [-0.1, -0.05) is 24.3 Å². The van der Waals surface area contributed by atoms with Crippen molar-refractivity contribution < 1.29 is 17.9 Å². The predicted molar refractivity (Wildman–Crippen MR) is 152 cm³/mol. The molecule has 2 aromatic carbocycles. The van der Waals surface area contributed by atoms with Crippen LogP contribution in [0.4, 0.5) is 5.95 Å². The smallest absolute Gasteiger partial charge is 0.264 e. The normalized spacial score (nSPS) is 18.6. The number of hydrogen-bond donors (Lipinski definition) is 1. The zero-order chi connectivity index (χ0) is 28.6. The molecule has 12 heteroatoms. The molecule has 2 aliphatic heterocycles. The van der Waals surface area contributed by atoms with Crippen LogP contribution < -0.4 is 9.46 Å². The number of anilines is 1. The third-order valence-electron chi connectivity index (χ3n) is 7.36. The summed E-state index contributed by atoms with van der Waals surface area (Å²) in [7, 11) is -4.09. The van der Waals surface area contributed by atoms with Crippen molar-refractivity contribution in [3.8, 4) is 17.1 Å². The number of aromatic nitrogens is 4. The topological polar surface area (TPSA) is 131 Å². The second-order valence-corrected chi connectivity index (χ2v) is 11.9. The minimum Gasteiger partial charge on any atom is -0.475 e. The van der Waals surface area contributed by atoms with Crippen molar-refractivity contribution in [2.24, 2.45) is 0 Å². The van der Waals surface area contributed by atoms with Gasteiger partial charge in [-0.2, -0.15) is 15.2 Å². The fourth-order valence-corrected chi connectivity index (χ4v) is 6.35. The highest BCUT2D eigenvalue weighted by Crippen LogP contribution is 2.30. The van der Waals surface area contributed by atoms with Crippen molar-refractivity contribution in [3.05, 3.63) is 89.2 Å². The van der Waals surface area contributed by atoms with Gasteiger partial charge in [-0.25, -0.2) is 18.1 Å². The Hall–Kier alpha value is -4.42. The van der Waals surface area contributed by atoms with Crippen LogP contribution in [-0.2, 0) is 16.6 Å². The highest BCUT2D eigenvalue weighted by molar-refractivity contribution is 7.92. The summed E-state index contributed by atoms with van der Waals surface area (Å²) in [6.07, 6.45) is 3.39. The average molecular weight is 572 g/mol. The average Bonchev–Trinajstić information content (AvgIpc) is 2.96. The molecule has 4 heterocycles.